The fourth-order valence-electron chi connectivity index (χ4n) is 3.69. The first-order chi connectivity index (χ1) is 13.9. The highest BCUT2D eigenvalue weighted by Crippen LogP contribution is 2.31. The molecule has 156 valence electrons. The first kappa shape index (κ1) is 20.6. The summed E-state index contributed by atoms with van der Waals surface area (Å²) in [5.41, 5.74) is 0.259. The van der Waals surface area contributed by atoms with Gasteiger partial charge in [0.25, 0.3) is 11.6 Å². The number of imide groups is 1. The van der Waals surface area contributed by atoms with Crippen LogP contribution in [0.1, 0.15) is 48.9 Å². The van der Waals surface area contributed by atoms with Crippen LogP contribution in [0, 0.1) is 10.1 Å². The number of hydrogen-bond donors (Lipinski definition) is 2. The molecule has 10 heteroatoms. The Labute approximate surface area is 167 Å². The van der Waals surface area contributed by atoms with Gasteiger partial charge in [-0.05, 0) is 37.8 Å². The number of urea groups is 1. The molecule has 0 radical (unpaired) electrons. The van der Waals surface area contributed by atoms with E-state index in [9.17, 15) is 24.5 Å². The average molecular weight is 404 g/mol. The molecule has 1 aliphatic heterocycles. The normalized spacial score (nSPS) is 16.5. The Morgan fingerprint density at radius 1 is 1.14 bits per heavy atom. The van der Waals surface area contributed by atoms with Crippen molar-refractivity contribution in [3.63, 3.8) is 0 Å². The number of nitro benzene ring substituents is 1. The number of anilines is 1. The van der Waals surface area contributed by atoms with Crippen LogP contribution in [0.15, 0.2) is 18.2 Å². The molecule has 29 heavy (non-hydrogen) atoms. The van der Waals surface area contributed by atoms with E-state index >= 15 is 0 Å². The van der Waals surface area contributed by atoms with Gasteiger partial charge in [0.1, 0.15) is 5.69 Å². The maximum Gasteiger partial charge on any atom is 0.338 e. The van der Waals surface area contributed by atoms with E-state index in [0.717, 1.165) is 57.7 Å². The van der Waals surface area contributed by atoms with Crippen LogP contribution < -0.4 is 15.5 Å². The quantitative estimate of drug-likeness (QED) is 0.422. The van der Waals surface area contributed by atoms with Crippen molar-refractivity contribution in [2.24, 2.45) is 0 Å². The Morgan fingerprint density at radius 2 is 1.83 bits per heavy atom. The number of benzene rings is 1. The van der Waals surface area contributed by atoms with Gasteiger partial charge in [0.2, 0.25) is 0 Å². The molecular formula is C19H24N4O6. The van der Waals surface area contributed by atoms with E-state index in [0.29, 0.717) is 5.69 Å². The SMILES string of the molecule is O=C(COC(=O)c1ccc(N2CCCC2)c([N+](=O)[O-])c1)NC(=O)NC1CCCC1. The molecule has 0 aromatic heterocycles. The van der Waals surface area contributed by atoms with Gasteiger partial charge in [-0.2, -0.15) is 0 Å². The Hall–Kier alpha value is -3.17. The molecule has 0 spiro atoms. The van der Waals surface area contributed by atoms with Gasteiger partial charge >= 0.3 is 12.0 Å². The lowest BCUT2D eigenvalue weighted by molar-refractivity contribution is -0.384. The Bertz CT molecular complexity index is 800. The molecular weight excluding hydrogens is 380 g/mol. The molecule has 1 saturated carbocycles. The van der Waals surface area contributed by atoms with E-state index in [1.54, 1.807) is 0 Å². The minimum atomic E-state index is -0.868. The Kier molecular flexibility index (Phi) is 6.63. The van der Waals surface area contributed by atoms with E-state index in [2.05, 4.69) is 10.6 Å². The minimum absolute atomic E-state index is 0.0251. The maximum absolute atomic E-state index is 12.2. The molecule has 2 aliphatic rings. The van der Waals surface area contributed by atoms with Crippen molar-refractivity contribution in [1.29, 1.82) is 0 Å². The summed E-state index contributed by atoms with van der Waals surface area (Å²) in [6.07, 6.45) is 5.76. The molecule has 1 saturated heterocycles. The van der Waals surface area contributed by atoms with E-state index in [-0.39, 0.29) is 17.3 Å². The summed E-state index contributed by atoms with van der Waals surface area (Å²) < 4.78 is 4.89. The van der Waals surface area contributed by atoms with Crippen molar-refractivity contribution in [1.82, 2.24) is 10.6 Å². The lowest BCUT2D eigenvalue weighted by atomic mass is 10.1. The summed E-state index contributed by atoms with van der Waals surface area (Å²) in [4.78, 5) is 48.5. The first-order valence-electron chi connectivity index (χ1n) is 9.75. The summed E-state index contributed by atoms with van der Waals surface area (Å²) in [5, 5.41) is 16.2. The fourth-order valence-corrected chi connectivity index (χ4v) is 3.69. The van der Waals surface area contributed by atoms with E-state index in [4.69, 9.17) is 4.74 Å². The number of nitrogens with one attached hydrogen (secondary N) is 2. The lowest BCUT2D eigenvalue weighted by Crippen LogP contribution is -2.44. The second-order valence-corrected chi connectivity index (χ2v) is 7.23. The average Bonchev–Trinajstić information content (AvgIpc) is 3.39. The lowest BCUT2D eigenvalue weighted by Gasteiger charge is -2.17. The summed E-state index contributed by atoms with van der Waals surface area (Å²) in [5.74, 6) is -1.63. The number of nitro groups is 1. The van der Waals surface area contributed by atoms with Crippen molar-refractivity contribution in [3.8, 4) is 0 Å². The van der Waals surface area contributed by atoms with Crippen molar-refractivity contribution in [2.45, 2.75) is 44.6 Å². The van der Waals surface area contributed by atoms with Gasteiger partial charge in [0.05, 0.1) is 10.5 Å². The largest absolute Gasteiger partial charge is 0.452 e. The molecule has 0 atom stereocenters. The van der Waals surface area contributed by atoms with E-state index < -0.39 is 29.4 Å². The van der Waals surface area contributed by atoms with Gasteiger partial charge in [0.15, 0.2) is 6.61 Å². The molecule has 1 aliphatic carbocycles. The monoisotopic (exact) mass is 404 g/mol. The number of hydrogen-bond acceptors (Lipinski definition) is 7. The van der Waals surface area contributed by atoms with Crippen LogP contribution in [-0.2, 0) is 9.53 Å². The van der Waals surface area contributed by atoms with Crippen LogP contribution in [0.25, 0.3) is 0 Å². The number of rotatable bonds is 6. The van der Waals surface area contributed by atoms with Crippen LogP contribution in [0.3, 0.4) is 0 Å². The molecule has 10 nitrogen and oxygen atoms in total. The second kappa shape index (κ2) is 9.35. The zero-order valence-electron chi connectivity index (χ0n) is 16.0. The third kappa shape index (κ3) is 5.43. The third-order valence-corrected chi connectivity index (χ3v) is 5.13. The second-order valence-electron chi connectivity index (χ2n) is 7.23. The van der Waals surface area contributed by atoms with Gasteiger partial charge in [-0.25, -0.2) is 9.59 Å². The zero-order valence-corrected chi connectivity index (χ0v) is 16.0. The van der Waals surface area contributed by atoms with Crippen LogP contribution >= 0.6 is 0 Å². The highest BCUT2D eigenvalue weighted by atomic mass is 16.6. The van der Waals surface area contributed by atoms with Crippen molar-refractivity contribution in [2.75, 3.05) is 24.6 Å². The van der Waals surface area contributed by atoms with E-state index in [1.807, 2.05) is 4.90 Å². The van der Waals surface area contributed by atoms with E-state index in [1.165, 1.54) is 12.1 Å². The van der Waals surface area contributed by atoms with Gasteiger partial charge in [-0.15, -0.1) is 0 Å². The summed E-state index contributed by atoms with van der Waals surface area (Å²) in [7, 11) is 0. The predicted molar refractivity (Wildman–Crippen MR) is 104 cm³/mol. The number of ether oxygens (including phenoxy) is 1. The molecule has 3 rings (SSSR count). The zero-order chi connectivity index (χ0) is 20.8. The molecule has 2 N–H and O–H groups in total. The molecule has 1 heterocycles. The van der Waals surface area contributed by atoms with Crippen LogP contribution in [0.5, 0.6) is 0 Å². The van der Waals surface area contributed by atoms with Crippen molar-refractivity contribution < 1.29 is 24.0 Å². The molecule has 2 fully saturated rings. The molecule has 1 aromatic carbocycles. The molecule has 0 bridgehead atoms. The molecule has 3 amide bonds. The Balaban J connectivity index is 1.54. The van der Waals surface area contributed by atoms with Crippen LogP contribution in [0.4, 0.5) is 16.2 Å². The van der Waals surface area contributed by atoms with Crippen LogP contribution in [0.2, 0.25) is 0 Å². The van der Waals surface area contributed by atoms with Gasteiger partial charge in [0, 0.05) is 25.2 Å². The number of carbonyl (C=O) groups is 3. The van der Waals surface area contributed by atoms with Gasteiger partial charge in [-0.1, -0.05) is 12.8 Å². The van der Waals surface area contributed by atoms with Crippen LogP contribution in [-0.4, -0.2) is 48.6 Å². The van der Waals surface area contributed by atoms with Gasteiger partial charge < -0.3 is 15.0 Å². The summed E-state index contributed by atoms with van der Waals surface area (Å²) in [6.45, 7) is 0.806. The third-order valence-electron chi connectivity index (χ3n) is 5.13. The number of amides is 3. The fraction of sp³-hybridized carbons (Fsp3) is 0.526. The summed E-state index contributed by atoms with van der Waals surface area (Å²) in [6, 6.07) is 3.55. The Morgan fingerprint density at radius 3 is 2.48 bits per heavy atom. The van der Waals surface area contributed by atoms with Gasteiger partial charge in [-0.3, -0.25) is 20.2 Å². The molecule has 0 unspecified atom stereocenters. The van der Waals surface area contributed by atoms with Crippen molar-refractivity contribution in [3.05, 3.63) is 33.9 Å². The number of carbonyl (C=O) groups excluding carboxylic acids is 3. The first-order valence-corrected chi connectivity index (χ1v) is 9.75. The number of nitrogens with zero attached hydrogens (tertiary/aromatic N) is 2. The predicted octanol–water partition coefficient (Wildman–Crippen LogP) is 2.12. The minimum Gasteiger partial charge on any atom is -0.452 e. The summed E-state index contributed by atoms with van der Waals surface area (Å²) >= 11 is 0. The smallest absolute Gasteiger partial charge is 0.338 e. The maximum atomic E-state index is 12.2. The van der Waals surface area contributed by atoms with Crippen molar-refractivity contribution >= 4 is 29.3 Å². The molecule has 1 aromatic rings. The topological polar surface area (TPSA) is 131 Å². The number of esters is 1. The standard InChI is InChI=1S/C19H24N4O6/c24-17(21-19(26)20-14-5-1-2-6-14)12-29-18(25)13-7-8-15(16(11-13)23(27)28)22-9-3-4-10-22/h7-8,11,14H,1-6,9-10,12H2,(H2,20,21,24,26). The highest BCUT2D eigenvalue weighted by Gasteiger charge is 2.25. The highest BCUT2D eigenvalue weighted by molar-refractivity contribution is 5.97.